The van der Waals surface area contributed by atoms with E-state index in [2.05, 4.69) is 10.6 Å². The van der Waals surface area contributed by atoms with Gasteiger partial charge in [0.1, 0.15) is 12.1 Å². The molecule has 1 aromatic carbocycles. The number of fused-ring (bicyclic) bond motifs is 4. The number of ether oxygens (including phenoxy) is 1. The van der Waals surface area contributed by atoms with E-state index >= 15 is 4.39 Å². The second-order valence-corrected chi connectivity index (χ2v) is 16.0. The molecule has 0 spiro atoms. The van der Waals surface area contributed by atoms with Crippen LogP contribution in [0.25, 0.3) is 22.3 Å². The smallest absolute Gasteiger partial charge is 0.0245 e. The molecule has 271 valence electrons. The van der Waals surface area contributed by atoms with Crippen molar-refractivity contribution < 1.29 is 23.5 Å². The van der Waals surface area contributed by atoms with Gasteiger partial charge in [0.05, 0.1) is 23.4 Å². The molecule has 0 saturated heterocycles. The van der Waals surface area contributed by atoms with Crippen LogP contribution in [0.5, 0.6) is 0 Å². The molecule has 4 unspecified atom stereocenters. The fraction of sp³-hybridized carbons (Fsp3) is 0.564. The van der Waals surface area contributed by atoms with Crippen molar-refractivity contribution in [2.45, 2.75) is 113 Å². The fourth-order valence-electron chi connectivity index (χ4n) is 8.02. The zero-order valence-corrected chi connectivity index (χ0v) is 34.3. The predicted molar refractivity (Wildman–Crippen MR) is 195 cm³/mol. The number of nitrogens with zero attached hydrogens (tertiary/aromatic N) is 3. The Hall–Kier alpha value is -3.04. The first-order valence-corrected chi connectivity index (χ1v) is 21.1. The summed E-state index contributed by atoms with van der Waals surface area (Å²) in [6.07, 6.45) is 6.26. The third-order valence-electron chi connectivity index (χ3n) is 11.2. The zero-order valence-electron chi connectivity index (χ0n) is 30.4. The van der Waals surface area contributed by atoms with E-state index < -0.39 is 12.0 Å². The second-order valence-electron chi connectivity index (χ2n) is 14.4. The third-order valence-corrected chi connectivity index (χ3v) is 13.1. The molecule has 2 aliphatic carbocycles. The summed E-state index contributed by atoms with van der Waals surface area (Å²) in [4.78, 5) is 60.1. The molecule has 0 bridgehead atoms. The van der Waals surface area contributed by atoms with Gasteiger partial charge in [-0.05, 0) is 48.9 Å². The number of rotatable bonds is 16. The summed E-state index contributed by atoms with van der Waals surface area (Å²) >= 11 is 0.990. The third kappa shape index (κ3) is 7.31. The number of hydrogen-bond acceptors (Lipinski definition) is 7. The van der Waals surface area contributed by atoms with Gasteiger partial charge in [0, 0.05) is 28.5 Å². The number of likely N-dealkylation sites (N-methyl/N-ethyl adjacent to an activating group) is 1. The van der Waals surface area contributed by atoms with Crippen LogP contribution in [-0.2, 0) is 38.5 Å². The van der Waals surface area contributed by atoms with Crippen molar-refractivity contribution in [3.63, 3.8) is 0 Å². The minimum absolute atomic E-state index is 0.0472. The molecule has 1 aliphatic heterocycles. The number of nitrogens with one attached hydrogen (secondary N) is 2. The zero-order chi connectivity index (χ0) is 36.6. The summed E-state index contributed by atoms with van der Waals surface area (Å²) in [5.41, 5.74) is 6.22. The Labute approximate surface area is 315 Å². The van der Waals surface area contributed by atoms with Crippen LogP contribution < -0.4 is 16.2 Å². The van der Waals surface area contributed by atoms with Crippen LogP contribution in [0.15, 0.2) is 16.9 Å². The number of amides is 2. The van der Waals surface area contributed by atoms with Crippen LogP contribution in [0.2, 0.25) is 3.98 Å². The number of aryl methyl sites for hydroxylation is 1. The van der Waals surface area contributed by atoms with Gasteiger partial charge in [-0.3, -0.25) is 4.79 Å². The van der Waals surface area contributed by atoms with Gasteiger partial charge in [-0.25, -0.2) is 9.37 Å². The number of aromatic nitrogens is 2. The molecule has 2 amide bonds. The number of benzene rings is 1. The number of halogens is 1. The van der Waals surface area contributed by atoms with E-state index in [1.807, 2.05) is 27.0 Å². The summed E-state index contributed by atoms with van der Waals surface area (Å²) < 4.78 is 24.3. The van der Waals surface area contributed by atoms with Crippen molar-refractivity contribution in [3.8, 4) is 11.4 Å². The molecule has 51 heavy (non-hydrogen) atoms. The van der Waals surface area contributed by atoms with Crippen LogP contribution in [0.3, 0.4) is 0 Å². The molecule has 12 heteroatoms. The molecule has 2 N–H and O–H groups in total. The van der Waals surface area contributed by atoms with Gasteiger partial charge in [0.25, 0.3) is 5.56 Å². The number of pyridine rings is 2. The molecular weight excluding hydrogens is 845 g/mol. The Balaban J connectivity index is 1.39. The van der Waals surface area contributed by atoms with Crippen LogP contribution in [0.1, 0.15) is 104 Å². The maximum absolute atomic E-state index is 15.4. The SMILES string of the molecule is CCCc1c(C(C=O)CC)cc2n(c1=O)Cc1c-2nc2cc(F)c(C)c3c2c1C(N(C)C(=O)C(CC1CC1)OCNC(=O)CC([CH2][Pb])NC)CC3. The first kappa shape index (κ1) is 37.7. The van der Waals surface area contributed by atoms with Crippen molar-refractivity contribution in [1.29, 1.82) is 0 Å². The number of aldehydes is 1. The first-order valence-electron chi connectivity index (χ1n) is 18.4. The summed E-state index contributed by atoms with van der Waals surface area (Å²) in [5, 5.41) is 6.87. The Kier molecular flexibility index (Phi) is 11.8. The van der Waals surface area contributed by atoms with Crippen molar-refractivity contribution in [2.24, 2.45) is 5.92 Å². The number of carbonyl (C=O) groups is 3. The fourth-order valence-corrected chi connectivity index (χ4v) is 9.37. The summed E-state index contributed by atoms with van der Waals surface area (Å²) in [7, 11) is 3.66. The van der Waals surface area contributed by atoms with Gasteiger partial charge in [0.2, 0.25) is 0 Å². The minimum Gasteiger partial charge on any atom is -0.0245 e. The molecule has 3 aliphatic rings. The quantitative estimate of drug-likeness (QED) is 0.0944. The topological polar surface area (TPSA) is 123 Å². The molecular formula is C39H49FN5O5Pb. The average molecular weight is 894 g/mol. The Morgan fingerprint density at radius 3 is 2.63 bits per heavy atom. The van der Waals surface area contributed by atoms with Gasteiger partial charge in [0.15, 0.2) is 0 Å². The van der Waals surface area contributed by atoms with E-state index in [4.69, 9.17) is 9.72 Å². The van der Waals surface area contributed by atoms with E-state index in [0.717, 1.165) is 82.9 Å². The van der Waals surface area contributed by atoms with Crippen LogP contribution in [-0.4, -0.2) is 91.3 Å². The molecule has 3 aromatic rings. The van der Waals surface area contributed by atoms with Gasteiger partial charge in [-0.15, -0.1) is 0 Å². The molecule has 1 saturated carbocycles. The number of hydrogen-bond donors (Lipinski definition) is 2. The number of carbonyl (C=O) groups excluding carboxylic acids is 3. The van der Waals surface area contributed by atoms with Gasteiger partial charge >= 0.3 is 154 Å². The van der Waals surface area contributed by atoms with E-state index in [-0.39, 0.29) is 48.6 Å². The monoisotopic (exact) mass is 894 g/mol. The molecule has 3 radical (unpaired) electrons. The Bertz CT molecular complexity index is 1910. The van der Waals surface area contributed by atoms with Crippen molar-refractivity contribution in [3.05, 3.63) is 61.7 Å². The van der Waals surface area contributed by atoms with Crippen molar-refractivity contribution in [1.82, 2.24) is 25.1 Å². The molecule has 1 fully saturated rings. The van der Waals surface area contributed by atoms with E-state index in [9.17, 15) is 19.2 Å². The standard InChI is InChI=1S/C39H49FN5O5.Pb/c1-7-9-26-27(24(8-2)19-46)16-32-37-28(18-45(32)38(26)48)36-31(13-12-25-22(4)29(40)17-30(43-37)35(25)36)44(6)39(49)33(15-23-10-11-23)50-20-42-34(47)14-21(3)41-5;/h16-17,19,21,23-24,31,33,41H,3,7-15,18,20H2,1-2,4-6H3,(H,42,47);. The molecule has 10 nitrogen and oxygen atoms in total. The molecule has 6 rings (SSSR count). The molecule has 2 aromatic heterocycles. The van der Waals surface area contributed by atoms with E-state index in [1.165, 1.54) is 6.07 Å². The van der Waals surface area contributed by atoms with Crippen molar-refractivity contribution in [2.75, 3.05) is 20.8 Å². The Morgan fingerprint density at radius 1 is 1.22 bits per heavy atom. The summed E-state index contributed by atoms with van der Waals surface area (Å²) in [5.74, 6) is -0.616. The van der Waals surface area contributed by atoms with Gasteiger partial charge in [-0.1, -0.05) is 20.3 Å². The normalized spacial score (nSPS) is 17.8. The Morgan fingerprint density at radius 2 is 1.98 bits per heavy atom. The van der Waals surface area contributed by atoms with Gasteiger partial charge in [-0.2, -0.15) is 0 Å². The molecule has 3 heterocycles. The second kappa shape index (κ2) is 15.9. The summed E-state index contributed by atoms with van der Waals surface area (Å²) in [6.45, 7) is 5.99. The first-order chi connectivity index (χ1) is 24.6. The van der Waals surface area contributed by atoms with Crippen LogP contribution >= 0.6 is 0 Å². The van der Waals surface area contributed by atoms with Gasteiger partial charge < -0.3 is 9.36 Å². The van der Waals surface area contributed by atoms with Crippen LogP contribution in [0.4, 0.5) is 4.39 Å². The van der Waals surface area contributed by atoms with E-state index in [1.54, 1.807) is 23.4 Å². The van der Waals surface area contributed by atoms with Crippen molar-refractivity contribution >= 4 is 54.8 Å². The maximum atomic E-state index is 15.4. The van der Waals surface area contributed by atoms with E-state index in [0.29, 0.717) is 72.5 Å². The molecule has 4 atom stereocenters. The van der Waals surface area contributed by atoms with Crippen LogP contribution in [0, 0.1) is 18.7 Å². The summed E-state index contributed by atoms with van der Waals surface area (Å²) in [6, 6.07) is 3.18. The average Bonchev–Trinajstić information content (AvgIpc) is 3.88. The predicted octanol–water partition coefficient (Wildman–Crippen LogP) is 4.79. The minimum atomic E-state index is -0.725.